The third-order valence-electron chi connectivity index (χ3n) is 8.83. The minimum absolute atomic E-state index is 0.0268. The second-order valence-electron chi connectivity index (χ2n) is 12.0. The van der Waals surface area contributed by atoms with E-state index in [1.807, 2.05) is 0 Å². The van der Waals surface area contributed by atoms with E-state index in [1.54, 1.807) is 19.0 Å². The summed E-state index contributed by atoms with van der Waals surface area (Å²) < 4.78 is 0. The average molecular weight is 671 g/mol. The second-order valence-corrected chi connectivity index (χ2v) is 12.4. The first-order chi connectivity index (χ1) is 21.9. The molecule has 17 heteroatoms. The van der Waals surface area contributed by atoms with E-state index in [1.165, 1.54) is 37.2 Å². The van der Waals surface area contributed by atoms with E-state index in [0.29, 0.717) is 11.3 Å². The van der Waals surface area contributed by atoms with Crippen LogP contribution >= 0.6 is 11.6 Å². The number of fused-ring (bicyclic) bond motifs is 3. The fourth-order valence-corrected chi connectivity index (χ4v) is 6.99. The highest BCUT2D eigenvalue weighted by atomic mass is 35.5. The van der Waals surface area contributed by atoms with Crippen molar-refractivity contribution in [1.29, 1.82) is 0 Å². The number of rotatable bonds is 6. The molecule has 0 aromatic heterocycles. The summed E-state index contributed by atoms with van der Waals surface area (Å²) in [4.78, 5) is 66.3. The quantitative estimate of drug-likeness (QED) is 0.101. The van der Waals surface area contributed by atoms with Crippen LogP contribution in [0.4, 0.5) is 27.5 Å². The number of Topliss-reactive ketones (excluding diaryl/α,β-unsaturated/α-hetero) is 2. The van der Waals surface area contributed by atoms with Crippen molar-refractivity contribution in [2.24, 2.45) is 17.6 Å². The SMILES string of the molecule is CN(C)c1cc(NC(=O)Nc2ccc(Cl)cc2[N+](=O)[O-])c(O)c2c1C[C@@H]1C[C@@H]3[C@@H](N(C)C)C(=O)C(C(N)=O)=C(O)[C@]3(O)C(=O)C1=C2O. The van der Waals surface area contributed by atoms with Gasteiger partial charge in [-0.3, -0.25) is 29.4 Å². The van der Waals surface area contributed by atoms with Gasteiger partial charge in [0.2, 0.25) is 5.78 Å². The van der Waals surface area contributed by atoms with Crippen LogP contribution in [0, 0.1) is 22.0 Å². The van der Waals surface area contributed by atoms with Crippen LogP contribution in [-0.4, -0.2) is 93.6 Å². The molecule has 1 fully saturated rings. The molecule has 0 saturated heterocycles. The molecular formula is C30H31ClN6O10. The molecule has 3 aliphatic rings. The van der Waals surface area contributed by atoms with Crippen LogP contribution in [0.2, 0.25) is 5.02 Å². The molecular weight excluding hydrogens is 640 g/mol. The lowest BCUT2D eigenvalue weighted by Gasteiger charge is -2.50. The first-order valence-electron chi connectivity index (χ1n) is 14.1. The van der Waals surface area contributed by atoms with Crippen LogP contribution in [0.25, 0.3) is 5.76 Å². The summed E-state index contributed by atoms with van der Waals surface area (Å²) in [7, 11) is 6.33. The molecule has 2 aromatic rings. The minimum Gasteiger partial charge on any atom is -0.508 e. The van der Waals surface area contributed by atoms with Gasteiger partial charge in [0.05, 0.1) is 22.2 Å². The highest BCUT2D eigenvalue weighted by molar-refractivity contribution is 6.31. The number of nitro benzene ring substituents is 1. The molecule has 8 N–H and O–H groups in total. The Morgan fingerprint density at radius 3 is 2.30 bits per heavy atom. The molecule has 0 radical (unpaired) electrons. The lowest BCUT2D eigenvalue weighted by molar-refractivity contribution is -0.383. The van der Waals surface area contributed by atoms with Gasteiger partial charge in [-0.05, 0) is 56.6 Å². The number of ketones is 2. The van der Waals surface area contributed by atoms with Crippen LogP contribution in [0.5, 0.6) is 5.75 Å². The number of nitrogens with two attached hydrogens (primary N) is 1. The first-order valence-corrected chi connectivity index (χ1v) is 14.5. The summed E-state index contributed by atoms with van der Waals surface area (Å²) in [6.45, 7) is 0. The number of phenols is 1. The molecule has 2 aromatic carbocycles. The number of hydrogen-bond donors (Lipinski definition) is 7. The summed E-state index contributed by atoms with van der Waals surface area (Å²) >= 11 is 5.85. The normalized spacial score (nSPS) is 23.6. The van der Waals surface area contributed by atoms with Crippen LogP contribution in [0.3, 0.4) is 0 Å². The maximum Gasteiger partial charge on any atom is 0.323 e. The molecule has 0 unspecified atom stereocenters. The number of aliphatic hydroxyl groups is 3. The number of amides is 3. The summed E-state index contributed by atoms with van der Waals surface area (Å²) in [5, 5.41) is 62.1. The van der Waals surface area contributed by atoms with Crippen molar-refractivity contribution < 1.29 is 44.5 Å². The molecule has 0 heterocycles. The van der Waals surface area contributed by atoms with Gasteiger partial charge in [-0.25, -0.2) is 4.79 Å². The fraction of sp³-hybridized carbons (Fsp3) is 0.333. The van der Waals surface area contributed by atoms with Crippen LogP contribution < -0.4 is 21.3 Å². The molecule has 0 aliphatic heterocycles. The molecule has 47 heavy (non-hydrogen) atoms. The number of likely N-dealkylation sites (N-methyl/N-ethyl adjacent to an activating group) is 1. The van der Waals surface area contributed by atoms with Gasteiger partial charge < -0.3 is 41.7 Å². The number of anilines is 3. The van der Waals surface area contributed by atoms with Gasteiger partial charge >= 0.3 is 6.03 Å². The zero-order valence-electron chi connectivity index (χ0n) is 25.5. The predicted octanol–water partition coefficient (Wildman–Crippen LogP) is 2.24. The van der Waals surface area contributed by atoms with E-state index in [-0.39, 0.29) is 40.4 Å². The van der Waals surface area contributed by atoms with E-state index in [4.69, 9.17) is 17.3 Å². The third-order valence-corrected chi connectivity index (χ3v) is 9.07. The van der Waals surface area contributed by atoms with Crippen molar-refractivity contribution in [3.8, 4) is 5.75 Å². The van der Waals surface area contributed by atoms with Crippen molar-refractivity contribution in [2.45, 2.75) is 24.5 Å². The number of nitrogens with zero attached hydrogens (tertiary/aromatic N) is 3. The number of urea groups is 1. The highest BCUT2D eigenvalue weighted by Gasteiger charge is 2.64. The summed E-state index contributed by atoms with van der Waals surface area (Å²) in [5.74, 6) is -8.06. The Labute approximate surface area is 271 Å². The van der Waals surface area contributed by atoms with Gasteiger partial charge in [-0.1, -0.05) is 11.6 Å². The van der Waals surface area contributed by atoms with Gasteiger partial charge in [0.15, 0.2) is 17.1 Å². The maximum atomic E-state index is 14.1. The molecule has 0 bridgehead atoms. The Kier molecular flexibility index (Phi) is 8.16. The Morgan fingerprint density at radius 2 is 1.72 bits per heavy atom. The van der Waals surface area contributed by atoms with E-state index < -0.39 is 80.4 Å². The highest BCUT2D eigenvalue weighted by Crippen LogP contribution is 2.54. The van der Waals surface area contributed by atoms with Gasteiger partial charge in [0, 0.05) is 42.4 Å². The Morgan fingerprint density at radius 1 is 1.09 bits per heavy atom. The number of phenolic OH excluding ortho intramolecular Hbond substituents is 1. The zero-order valence-corrected chi connectivity index (χ0v) is 26.2. The van der Waals surface area contributed by atoms with E-state index >= 15 is 0 Å². The standard InChI is InChI=1S/C30H31ClN6O10/c1-35(2)17-10-16(34-29(44)33-15-6-5-12(31)9-18(15)37(46)47)23(38)20-13(17)7-11-8-14-22(36(3)4)25(40)21(28(32)43)27(42)30(14,45)26(41)19(11)24(20)39/h5-6,9-11,14,22,38-39,42,45H,7-8H2,1-4H3,(H2,32,43)(H2,33,34,44)/t11-,14-,22-,30-/m1/s1. The predicted molar refractivity (Wildman–Crippen MR) is 169 cm³/mol. The fourth-order valence-electron chi connectivity index (χ4n) is 6.82. The molecule has 3 aliphatic carbocycles. The summed E-state index contributed by atoms with van der Waals surface area (Å²) in [6, 6.07) is 2.76. The summed E-state index contributed by atoms with van der Waals surface area (Å²) in [6.07, 6.45) is -0.0687. The average Bonchev–Trinajstić information content (AvgIpc) is 2.96. The number of nitro groups is 1. The van der Waals surface area contributed by atoms with Crippen LogP contribution in [0.1, 0.15) is 17.5 Å². The number of benzene rings is 2. The number of aliphatic hydroxyl groups excluding tert-OH is 2. The second kappa shape index (κ2) is 11.6. The maximum absolute atomic E-state index is 14.1. The zero-order chi connectivity index (χ0) is 34.9. The van der Waals surface area contributed by atoms with E-state index in [2.05, 4.69) is 10.6 Å². The van der Waals surface area contributed by atoms with Crippen molar-refractivity contribution in [1.82, 2.24) is 4.90 Å². The van der Waals surface area contributed by atoms with Crippen molar-refractivity contribution >= 4 is 63.6 Å². The van der Waals surface area contributed by atoms with E-state index in [0.717, 1.165) is 6.07 Å². The Bertz CT molecular complexity index is 1850. The molecule has 4 atom stereocenters. The first kappa shape index (κ1) is 33.2. The van der Waals surface area contributed by atoms with Gasteiger partial charge in [-0.15, -0.1) is 0 Å². The van der Waals surface area contributed by atoms with Gasteiger partial charge in [0.1, 0.15) is 22.8 Å². The Balaban J connectivity index is 1.62. The number of carbonyl (C=O) groups is 4. The van der Waals surface area contributed by atoms with Crippen molar-refractivity contribution in [3.63, 3.8) is 0 Å². The number of aromatic hydroxyl groups is 1. The molecule has 5 rings (SSSR count). The van der Waals surface area contributed by atoms with Crippen LogP contribution in [0.15, 0.2) is 41.2 Å². The lowest BCUT2D eigenvalue weighted by Crippen LogP contribution is -2.65. The third kappa shape index (κ3) is 5.10. The molecule has 16 nitrogen and oxygen atoms in total. The van der Waals surface area contributed by atoms with Crippen LogP contribution in [-0.2, 0) is 20.8 Å². The monoisotopic (exact) mass is 670 g/mol. The molecule has 1 saturated carbocycles. The van der Waals surface area contributed by atoms with E-state index in [9.17, 15) is 49.7 Å². The van der Waals surface area contributed by atoms with Gasteiger partial charge in [0.25, 0.3) is 11.6 Å². The molecule has 3 amide bonds. The number of nitrogens with one attached hydrogen (secondary N) is 2. The number of hydrogen-bond acceptors (Lipinski definition) is 12. The number of halogens is 1. The molecule has 248 valence electrons. The van der Waals surface area contributed by atoms with Crippen molar-refractivity contribution in [2.75, 3.05) is 43.7 Å². The van der Waals surface area contributed by atoms with Crippen molar-refractivity contribution in [3.05, 3.63) is 67.4 Å². The lowest BCUT2D eigenvalue weighted by atomic mass is 9.57. The number of primary amides is 1. The topological polar surface area (TPSA) is 249 Å². The smallest absolute Gasteiger partial charge is 0.323 e. The van der Waals surface area contributed by atoms with Gasteiger partial charge in [-0.2, -0.15) is 0 Å². The Hall–Kier alpha value is -5.19. The molecule has 0 spiro atoms. The minimum atomic E-state index is -2.81. The largest absolute Gasteiger partial charge is 0.508 e. The summed E-state index contributed by atoms with van der Waals surface area (Å²) in [5.41, 5.74) is 0.851. The number of carbonyl (C=O) groups excluding carboxylic acids is 4.